The summed E-state index contributed by atoms with van der Waals surface area (Å²) in [6, 6.07) is 11.4. The van der Waals surface area contributed by atoms with Gasteiger partial charge in [-0.25, -0.2) is 0 Å². The van der Waals surface area contributed by atoms with E-state index in [4.69, 9.17) is 11.6 Å². The van der Waals surface area contributed by atoms with Gasteiger partial charge in [0.05, 0.1) is 4.92 Å². The van der Waals surface area contributed by atoms with Crippen molar-refractivity contribution in [2.24, 2.45) is 0 Å². The molecule has 1 amide bonds. The molecule has 0 radical (unpaired) electrons. The molecule has 0 saturated carbocycles. The Kier molecular flexibility index (Phi) is 4.78. The van der Waals surface area contributed by atoms with Gasteiger partial charge in [-0.1, -0.05) is 43.6 Å². The van der Waals surface area contributed by atoms with Crippen molar-refractivity contribution in [2.75, 3.05) is 5.32 Å². The number of hydrogen-bond donors (Lipinski definition) is 1. The highest BCUT2D eigenvalue weighted by Gasteiger charge is 2.21. The standard InChI is InChI=1S/C16H15ClN2O3/c1-10(2)12-5-3-4-6-14(12)18-16(20)13-8-7-11(17)9-15(13)19(21)22/h3-10H,1-2H3,(H,18,20). The molecule has 2 aromatic rings. The molecule has 0 aromatic heterocycles. The predicted octanol–water partition coefficient (Wildman–Crippen LogP) is 4.62. The quantitative estimate of drug-likeness (QED) is 0.660. The summed E-state index contributed by atoms with van der Waals surface area (Å²) < 4.78 is 0. The Bertz CT molecular complexity index is 729. The van der Waals surface area contributed by atoms with Crippen molar-refractivity contribution in [1.29, 1.82) is 0 Å². The van der Waals surface area contributed by atoms with Crippen molar-refractivity contribution < 1.29 is 9.72 Å². The average Bonchev–Trinajstić information content (AvgIpc) is 2.47. The number of nitro groups is 1. The van der Waals surface area contributed by atoms with Crippen molar-refractivity contribution in [2.45, 2.75) is 19.8 Å². The minimum atomic E-state index is -0.616. The van der Waals surface area contributed by atoms with Crippen LogP contribution < -0.4 is 5.32 Å². The number of carbonyl (C=O) groups is 1. The molecule has 0 heterocycles. The number of nitro benzene ring substituents is 1. The molecule has 0 atom stereocenters. The van der Waals surface area contributed by atoms with Gasteiger partial charge in [-0.05, 0) is 29.7 Å². The van der Waals surface area contributed by atoms with Crippen molar-refractivity contribution in [1.82, 2.24) is 0 Å². The summed E-state index contributed by atoms with van der Waals surface area (Å²) >= 11 is 5.76. The van der Waals surface area contributed by atoms with Gasteiger partial charge in [0.1, 0.15) is 5.56 Å². The Labute approximate surface area is 133 Å². The lowest BCUT2D eigenvalue weighted by Gasteiger charge is -2.13. The molecular formula is C16H15ClN2O3. The average molecular weight is 319 g/mol. The summed E-state index contributed by atoms with van der Waals surface area (Å²) in [5.41, 5.74) is 1.28. The Balaban J connectivity index is 2.37. The minimum absolute atomic E-state index is 0.0204. The zero-order valence-electron chi connectivity index (χ0n) is 12.2. The third-order valence-electron chi connectivity index (χ3n) is 3.23. The summed E-state index contributed by atoms with van der Waals surface area (Å²) in [4.78, 5) is 22.8. The number of halogens is 1. The van der Waals surface area contributed by atoms with Crippen LogP contribution in [-0.2, 0) is 0 Å². The molecule has 0 fully saturated rings. The van der Waals surface area contributed by atoms with Crippen LogP contribution >= 0.6 is 11.6 Å². The number of benzene rings is 2. The molecule has 0 bridgehead atoms. The molecule has 6 heteroatoms. The number of carbonyl (C=O) groups excluding carboxylic acids is 1. The van der Waals surface area contributed by atoms with E-state index in [-0.39, 0.29) is 22.2 Å². The summed E-state index contributed by atoms with van der Waals surface area (Å²) in [5, 5.41) is 14.0. The van der Waals surface area contributed by atoms with Gasteiger partial charge in [-0.3, -0.25) is 14.9 Å². The lowest BCUT2D eigenvalue weighted by molar-refractivity contribution is -0.385. The maximum absolute atomic E-state index is 12.4. The van der Waals surface area contributed by atoms with Crippen LogP contribution in [0.3, 0.4) is 0 Å². The van der Waals surface area contributed by atoms with E-state index in [1.54, 1.807) is 12.1 Å². The first kappa shape index (κ1) is 16.0. The molecule has 22 heavy (non-hydrogen) atoms. The SMILES string of the molecule is CC(C)c1ccccc1NC(=O)c1ccc(Cl)cc1[N+](=O)[O-]. The molecule has 2 rings (SSSR count). The molecule has 0 saturated heterocycles. The Morgan fingerprint density at radius 1 is 1.23 bits per heavy atom. The first-order valence-corrected chi connectivity index (χ1v) is 7.12. The van der Waals surface area contributed by atoms with Gasteiger partial charge in [0.2, 0.25) is 0 Å². The number of para-hydroxylation sites is 1. The van der Waals surface area contributed by atoms with Crippen molar-refractivity contribution in [3.8, 4) is 0 Å². The number of nitrogens with one attached hydrogen (secondary N) is 1. The van der Waals surface area contributed by atoms with Crippen molar-refractivity contribution in [3.63, 3.8) is 0 Å². The normalized spacial score (nSPS) is 10.5. The number of amides is 1. The predicted molar refractivity (Wildman–Crippen MR) is 86.6 cm³/mol. The van der Waals surface area contributed by atoms with Crippen molar-refractivity contribution >= 4 is 28.9 Å². The van der Waals surface area contributed by atoms with Crippen LogP contribution in [0.2, 0.25) is 5.02 Å². The fourth-order valence-electron chi connectivity index (χ4n) is 2.15. The number of nitrogens with zero attached hydrogens (tertiary/aromatic N) is 1. The molecule has 0 aliphatic carbocycles. The number of rotatable bonds is 4. The number of hydrogen-bond acceptors (Lipinski definition) is 3. The molecule has 0 aliphatic rings. The van der Waals surface area contributed by atoms with Gasteiger partial charge in [-0.2, -0.15) is 0 Å². The maximum Gasteiger partial charge on any atom is 0.283 e. The first-order chi connectivity index (χ1) is 10.4. The topological polar surface area (TPSA) is 72.2 Å². The smallest absolute Gasteiger partial charge is 0.283 e. The van der Waals surface area contributed by atoms with Gasteiger partial charge in [0, 0.05) is 16.8 Å². The van der Waals surface area contributed by atoms with Crippen LogP contribution in [-0.4, -0.2) is 10.8 Å². The van der Waals surface area contributed by atoms with Gasteiger partial charge in [0.25, 0.3) is 11.6 Å². The van der Waals surface area contributed by atoms with E-state index in [1.165, 1.54) is 18.2 Å². The van der Waals surface area contributed by atoms with Gasteiger partial charge in [0.15, 0.2) is 0 Å². The van der Waals surface area contributed by atoms with E-state index >= 15 is 0 Å². The Morgan fingerprint density at radius 2 is 1.91 bits per heavy atom. The van der Waals surface area contributed by atoms with E-state index in [2.05, 4.69) is 5.32 Å². The van der Waals surface area contributed by atoms with Gasteiger partial charge >= 0.3 is 0 Å². The largest absolute Gasteiger partial charge is 0.322 e. The van der Waals surface area contributed by atoms with Crippen molar-refractivity contribution in [3.05, 3.63) is 68.7 Å². The molecular weight excluding hydrogens is 304 g/mol. The zero-order chi connectivity index (χ0) is 16.3. The third-order valence-corrected chi connectivity index (χ3v) is 3.47. The summed E-state index contributed by atoms with van der Waals surface area (Å²) in [6.45, 7) is 4.02. The fourth-order valence-corrected chi connectivity index (χ4v) is 2.32. The lowest BCUT2D eigenvalue weighted by atomic mass is 10.0. The lowest BCUT2D eigenvalue weighted by Crippen LogP contribution is -2.15. The molecule has 0 spiro atoms. The first-order valence-electron chi connectivity index (χ1n) is 6.74. The molecule has 0 aliphatic heterocycles. The molecule has 0 unspecified atom stereocenters. The summed E-state index contributed by atoms with van der Waals surface area (Å²) in [6.07, 6.45) is 0. The van der Waals surface area contributed by atoms with E-state index in [1.807, 2.05) is 26.0 Å². The monoisotopic (exact) mass is 318 g/mol. The summed E-state index contributed by atoms with van der Waals surface area (Å²) in [7, 11) is 0. The van der Waals surface area contributed by atoms with E-state index < -0.39 is 10.8 Å². The molecule has 114 valence electrons. The maximum atomic E-state index is 12.4. The zero-order valence-corrected chi connectivity index (χ0v) is 12.9. The fraction of sp³-hybridized carbons (Fsp3) is 0.188. The van der Waals surface area contributed by atoms with Gasteiger partial charge < -0.3 is 5.32 Å². The molecule has 1 N–H and O–H groups in total. The minimum Gasteiger partial charge on any atom is -0.322 e. The van der Waals surface area contributed by atoms with Gasteiger partial charge in [-0.15, -0.1) is 0 Å². The molecule has 2 aromatic carbocycles. The highest BCUT2D eigenvalue weighted by Crippen LogP contribution is 2.27. The third kappa shape index (κ3) is 3.43. The Hall–Kier alpha value is -2.40. The van der Waals surface area contributed by atoms with Crippen LogP contribution in [0.1, 0.15) is 35.7 Å². The number of anilines is 1. The van der Waals surface area contributed by atoms with E-state index in [0.717, 1.165) is 5.56 Å². The second kappa shape index (κ2) is 6.58. The Morgan fingerprint density at radius 3 is 2.55 bits per heavy atom. The van der Waals surface area contributed by atoms with E-state index in [0.29, 0.717) is 5.69 Å². The van der Waals surface area contributed by atoms with Crippen LogP contribution in [0.5, 0.6) is 0 Å². The van der Waals surface area contributed by atoms with Crippen LogP contribution in [0.25, 0.3) is 0 Å². The van der Waals surface area contributed by atoms with Crippen LogP contribution in [0.15, 0.2) is 42.5 Å². The second-order valence-electron chi connectivity index (χ2n) is 5.11. The summed E-state index contributed by atoms with van der Waals surface area (Å²) in [5.74, 6) is -0.312. The van der Waals surface area contributed by atoms with Crippen LogP contribution in [0, 0.1) is 10.1 Å². The van der Waals surface area contributed by atoms with E-state index in [9.17, 15) is 14.9 Å². The van der Waals surface area contributed by atoms with Crippen LogP contribution in [0.4, 0.5) is 11.4 Å². The highest BCUT2D eigenvalue weighted by molar-refractivity contribution is 6.31. The highest BCUT2D eigenvalue weighted by atomic mass is 35.5. The second-order valence-corrected chi connectivity index (χ2v) is 5.55. The molecule has 5 nitrogen and oxygen atoms in total.